The minimum Gasteiger partial charge on any atom is -0.462 e. The van der Waals surface area contributed by atoms with E-state index in [4.69, 9.17) is 28.4 Å². The molecule has 1 fully saturated rings. The molecule has 1 saturated heterocycles. The van der Waals surface area contributed by atoms with Gasteiger partial charge in [0.2, 0.25) is 35.4 Å². The van der Waals surface area contributed by atoms with Crippen LogP contribution in [0.4, 0.5) is 0 Å². The Balaban J connectivity index is 3.79. The molecule has 0 bridgehead atoms. The predicted molar refractivity (Wildman–Crippen MR) is 217 cm³/mol. The van der Waals surface area contributed by atoms with E-state index in [1.54, 1.807) is 6.92 Å². The van der Waals surface area contributed by atoms with E-state index in [9.17, 15) is 38.4 Å². The third-order valence-corrected chi connectivity index (χ3v) is 10.7. The molecular formula is C39H69N7O15. The molecule has 1 aliphatic heterocycles. The highest BCUT2D eigenvalue weighted by molar-refractivity contribution is 6.32. The highest BCUT2D eigenvalue weighted by Gasteiger charge is 2.50. The van der Waals surface area contributed by atoms with Gasteiger partial charge in [0.25, 0.3) is 0 Å². The van der Waals surface area contributed by atoms with Crippen LogP contribution in [0.2, 0.25) is 0 Å². The Bertz CT molecular complexity index is 1520. The average Bonchev–Trinajstić information content (AvgIpc) is 3.23. The normalized spacial score (nSPS) is 20.6. The van der Waals surface area contributed by atoms with E-state index in [0.29, 0.717) is 0 Å². The minimum atomic E-state index is -1.53. The van der Waals surface area contributed by atoms with Gasteiger partial charge in [0.05, 0.1) is 32.8 Å². The number of ether oxygens (including phenoxy) is 7. The third kappa shape index (κ3) is 14.3. The van der Waals surface area contributed by atoms with Gasteiger partial charge in [-0.05, 0) is 20.3 Å². The Kier molecular flexibility index (Phi) is 22.8. The maximum absolute atomic E-state index is 14.8. The van der Waals surface area contributed by atoms with E-state index >= 15 is 0 Å². The van der Waals surface area contributed by atoms with Crippen LogP contribution in [0.3, 0.4) is 0 Å². The van der Waals surface area contributed by atoms with Crippen LogP contribution >= 0.6 is 0 Å². The second-order valence-corrected chi connectivity index (χ2v) is 15.1. The highest BCUT2D eigenvalue weighted by atomic mass is 16.7. The van der Waals surface area contributed by atoms with Gasteiger partial charge in [-0.2, -0.15) is 0 Å². The lowest BCUT2D eigenvalue weighted by atomic mass is 9.98. The van der Waals surface area contributed by atoms with E-state index in [2.05, 4.69) is 4.74 Å². The Labute approximate surface area is 359 Å². The second kappa shape index (κ2) is 25.5. The Morgan fingerprint density at radius 3 is 1.64 bits per heavy atom. The number of rotatable bonds is 22. The van der Waals surface area contributed by atoms with Crippen molar-refractivity contribution in [3.63, 3.8) is 0 Å². The molecule has 0 aromatic heterocycles. The standard InChI is InChI=1S/C39H69N7O15/c1-17-42(7)35(51)25(20-28(48)41(5)6)45(10)36(52)30(23(2)60-39-33(58-15)32(57-14)31(56-13)26(61-39)22-55-12)46(11)29(49)21-43(8)34(50)24(18-19-27(47)40(3)4)44(9)37(53)38(54)59-16/h23-26,30-33,39H,17-22H2,1-16H3/t23-,24+,25-,26+,30-,31+,32-,33+,39-/m0/s1. The van der Waals surface area contributed by atoms with Crippen molar-refractivity contribution in [3.8, 4) is 0 Å². The third-order valence-electron chi connectivity index (χ3n) is 10.7. The molecule has 1 heterocycles. The Morgan fingerprint density at radius 2 is 1.16 bits per heavy atom. The number of esters is 1. The zero-order chi connectivity index (χ0) is 47.0. The van der Waals surface area contributed by atoms with Gasteiger partial charge >= 0.3 is 11.9 Å². The summed E-state index contributed by atoms with van der Waals surface area (Å²) in [6, 6.07) is -4.20. The fourth-order valence-electron chi connectivity index (χ4n) is 6.71. The number of nitrogens with zero attached hydrogens (tertiary/aromatic N) is 7. The molecule has 350 valence electrons. The largest absolute Gasteiger partial charge is 0.462 e. The molecule has 0 spiro atoms. The number of methoxy groups -OCH3 is 5. The lowest BCUT2D eigenvalue weighted by Crippen LogP contribution is -2.64. The second-order valence-electron chi connectivity index (χ2n) is 15.1. The Hall–Kier alpha value is -4.48. The van der Waals surface area contributed by atoms with Crippen LogP contribution < -0.4 is 0 Å². The molecule has 0 N–H and O–H groups in total. The summed E-state index contributed by atoms with van der Waals surface area (Å²) in [7, 11) is 19.5. The van der Waals surface area contributed by atoms with Gasteiger partial charge in [0.1, 0.15) is 42.5 Å². The van der Waals surface area contributed by atoms with Gasteiger partial charge in [-0.25, -0.2) is 4.79 Å². The molecule has 61 heavy (non-hydrogen) atoms. The number of hydrogen-bond acceptors (Lipinski definition) is 15. The van der Waals surface area contributed by atoms with E-state index in [1.165, 1.54) is 113 Å². The van der Waals surface area contributed by atoms with Crippen LogP contribution in [-0.2, 0) is 71.5 Å². The van der Waals surface area contributed by atoms with Crippen molar-refractivity contribution in [2.75, 3.05) is 119 Å². The summed E-state index contributed by atoms with van der Waals surface area (Å²) in [6.45, 7) is 2.91. The number of carbonyl (C=O) groups excluding carboxylic acids is 8. The predicted octanol–water partition coefficient (Wildman–Crippen LogP) is -2.25. The molecule has 7 amide bonds. The van der Waals surface area contributed by atoms with Gasteiger partial charge in [0, 0.05) is 105 Å². The van der Waals surface area contributed by atoms with Crippen molar-refractivity contribution in [1.82, 2.24) is 34.3 Å². The first-order valence-electron chi connectivity index (χ1n) is 19.7. The molecule has 9 atom stereocenters. The first-order chi connectivity index (χ1) is 28.5. The van der Waals surface area contributed by atoms with Crippen molar-refractivity contribution in [2.24, 2.45) is 0 Å². The summed E-state index contributed by atoms with van der Waals surface area (Å²) >= 11 is 0. The topological polar surface area (TPSA) is 224 Å². The zero-order valence-corrected chi connectivity index (χ0v) is 38.7. The number of amides is 7. The van der Waals surface area contributed by atoms with Gasteiger partial charge in [-0.3, -0.25) is 33.6 Å². The monoisotopic (exact) mass is 875 g/mol. The van der Waals surface area contributed by atoms with Crippen LogP contribution in [0.15, 0.2) is 0 Å². The van der Waals surface area contributed by atoms with Gasteiger partial charge in [0.15, 0.2) is 6.29 Å². The molecule has 1 aliphatic rings. The maximum atomic E-state index is 14.8. The smallest absolute Gasteiger partial charge is 0.396 e. The van der Waals surface area contributed by atoms with E-state index < -0.39 is 103 Å². The van der Waals surface area contributed by atoms with Gasteiger partial charge in [-0.15, -0.1) is 0 Å². The summed E-state index contributed by atoms with van der Waals surface area (Å²) in [5.41, 5.74) is 0. The van der Waals surface area contributed by atoms with Crippen molar-refractivity contribution >= 4 is 47.3 Å². The Morgan fingerprint density at radius 1 is 0.623 bits per heavy atom. The average molecular weight is 876 g/mol. The molecule has 0 saturated carbocycles. The first kappa shape index (κ1) is 54.5. The van der Waals surface area contributed by atoms with Gasteiger partial charge < -0.3 is 67.5 Å². The summed E-state index contributed by atoms with van der Waals surface area (Å²) in [4.78, 5) is 115. The number of carbonyl (C=O) groups is 8. The van der Waals surface area contributed by atoms with E-state index in [0.717, 1.165) is 26.7 Å². The fourth-order valence-corrected chi connectivity index (χ4v) is 6.71. The first-order valence-corrected chi connectivity index (χ1v) is 19.7. The molecule has 0 aromatic rings. The summed E-state index contributed by atoms with van der Waals surface area (Å²) in [6.07, 6.45) is -6.27. The molecule has 0 unspecified atom stereocenters. The molecule has 0 aromatic carbocycles. The van der Waals surface area contributed by atoms with Crippen molar-refractivity contribution in [1.29, 1.82) is 0 Å². The molecule has 0 radical (unpaired) electrons. The minimum absolute atomic E-state index is 0.0618. The van der Waals surface area contributed by atoms with Crippen molar-refractivity contribution in [2.45, 2.75) is 88.0 Å². The van der Waals surface area contributed by atoms with Crippen LogP contribution in [0.5, 0.6) is 0 Å². The number of likely N-dealkylation sites (N-methyl/N-ethyl adjacent to an activating group) is 5. The van der Waals surface area contributed by atoms with E-state index in [-0.39, 0.29) is 38.3 Å². The van der Waals surface area contributed by atoms with Crippen molar-refractivity contribution < 1.29 is 71.5 Å². The molecule has 22 nitrogen and oxygen atoms in total. The lowest BCUT2D eigenvalue weighted by molar-refractivity contribution is -0.323. The van der Waals surface area contributed by atoms with Crippen LogP contribution in [0, 0.1) is 0 Å². The SMILES string of the molecule is CCN(C)C(=O)[C@H](CC(=O)N(C)C)N(C)C(=O)[C@H]([C@H](C)O[C@H]1O[C@H](COC)[C@@H](OC)[C@H](OC)[C@H]1OC)N(C)C(=O)CN(C)C(=O)[C@@H](CCC(=O)N(C)C)N(C)C(=O)C(=O)OC. The quantitative estimate of drug-likeness (QED) is 0.0828. The van der Waals surface area contributed by atoms with E-state index in [1.807, 2.05) is 0 Å². The summed E-state index contributed by atoms with van der Waals surface area (Å²) < 4.78 is 39.8. The van der Waals surface area contributed by atoms with Gasteiger partial charge in [-0.1, -0.05) is 0 Å². The van der Waals surface area contributed by atoms with Crippen LogP contribution in [-0.4, -0.2) is 255 Å². The molecular weight excluding hydrogens is 806 g/mol. The highest BCUT2D eigenvalue weighted by Crippen LogP contribution is 2.30. The molecule has 22 heteroatoms. The maximum Gasteiger partial charge on any atom is 0.396 e. The fraction of sp³-hybridized carbons (Fsp3) is 0.795. The number of hydrogen-bond donors (Lipinski definition) is 0. The van der Waals surface area contributed by atoms with Crippen LogP contribution in [0.25, 0.3) is 0 Å². The zero-order valence-electron chi connectivity index (χ0n) is 38.7. The molecule has 1 rings (SSSR count). The summed E-state index contributed by atoms with van der Waals surface area (Å²) in [5.74, 6) is -6.11. The summed E-state index contributed by atoms with van der Waals surface area (Å²) in [5, 5.41) is 0. The van der Waals surface area contributed by atoms with Crippen molar-refractivity contribution in [3.05, 3.63) is 0 Å². The molecule has 0 aliphatic carbocycles. The van der Waals surface area contributed by atoms with Crippen LogP contribution in [0.1, 0.15) is 33.1 Å². The lowest BCUT2D eigenvalue weighted by Gasteiger charge is -2.46.